The van der Waals surface area contributed by atoms with Gasteiger partial charge in [-0.2, -0.15) is 15.2 Å². The van der Waals surface area contributed by atoms with E-state index >= 15 is 4.39 Å². The first-order chi connectivity index (χ1) is 21.9. The van der Waals surface area contributed by atoms with Crippen LogP contribution in [0.4, 0.5) is 15.0 Å². The maximum absolute atomic E-state index is 16.5. The second-order valence-corrected chi connectivity index (χ2v) is 11.9. The van der Waals surface area contributed by atoms with E-state index in [1.165, 1.54) is 17.3 Å². The highest BCUT2D eigenvalue weighted by molar-refractivity contribution is 6.36. The molecular formula is C31H30ClFN8O4. The number of fused-ring (bicyclic) bond motifs is 4. The lowest BCUT2D eigenvalue weighted by atomic mass is 10.0. The zero-order valence-corrected chi connectivity index (χ0v) is 25.0. The van der Waals surface area contributed by atoms with Crippen LogP contribution in [-0.2, 0) is 4.74 Å². The fraction of sp³-hybridized carbons (Fsp3) is 0.419. The number of benzene rings is 1. The molecule has 14 heteroatoms. The van der Waals surface area contributed by atoms with Crippen LogP contribution in [0.15, 0.2) is 36.8 Å². The SMILES string of the molecule is N#CC[C@H]1CN(c2nc(OCCCN3C[C@@H]4C[C@H]3CO4)nc3c(F)c(-c4cncc5cccc(Cl)c45)ncc23)CCN1C(=O)O. The van der Waals surface area contributed by atoms with Gasteiger partial charge in [-0.1, -0.05) is 23.7 Å². The number of morpholine rings is 1. The normalized spacial score (nSPS) is 21.5. The second kappa shape index (κ2) is 12.2. The molecule has 232 valence electrons. The average molecular weight is 633 g/mol. The Kier molecular flexibility index (Phi) is 7.95. The molecule has 3 fully saturated rings. The van der Waals surface area contributed by atoms with Gasteiger partial charge in [-0.05, 0) is 18.9 Å². The van der Waals surface area contributed by atoms with E-state index in [2.05, 4.69) is 30.9 Å². The molecule has 0 spiro atoms. The summed E-state index contributed by atoms with van der Waals surface area (Å²) in [5, 5.41) is 21.2. The molecule has 0 saturated carbocycles. The number of nitrogens with zero attached hydrogens (tertiary/aromatic N) is 8. The minimum absolute atomic E-state index is 0.00413. The Balaban J connectivity index is 1.25. The minimum Gasteiger partial charge on any atom is -0.465 e. The number of halogens is 2. The number of ether oxygens (including phenoxy) is 2. The van der Waals surface area contributed by atoms with Crippen LogP contribution in [0.1, 0.15) is 19.3 Å². The topological polar surface area (TPSA) is 141 Å². The van der Waals surface area contributed by atoms with Gasteiger partial charge >= 0.3 is 12.1 Å². The fourth-order valence-corrected chi connectivity index (χ4v) is 6.93. The Bertz CT molecular complexity index is 1820. The third-order valence-electron chi connectivity index (χ3n) is 8.82. The molecule has 1 amide bonds. The molecule has 6 heterocycles. The number of anilines is 1. The molecular weight excluding hydrogens is 603 g/mol. The van der Waals surface area contributed by atoms with Gasteiger partial charge < -0.3 is 24.4 Å². The zero-order valence-electron chi connectivity index (χ0n) is 24.3. The lowest BCUT2D eigenvalue weighted by Crippen LogP contribution is -2.55. The fourth-order valence-electron chi connectivity index (χ4n) is 6.65. The maximum Gasteiger partial charge on any atom is 0.407 e. The number of piperazine rings is 1. The van der Waals surface area contributed by atoms with Gasteiger partial charge in [0.05, 0.1) is 43.2 Å². The predicted molar refractivity (Wildman–Crippen MR) is 164 cm³/mol. The van der Waals surface area contributed by atoms with Crippen LogP contribution >= 0.6 is 11.6 Å². The molecule has 12 nitrogen and oxygen atoms in total. The van der Waals surface area contributed by atoms with Gasteiger partial charge in [0.2, 0.25) is 0 Å². The average Bonchev–Trinajstić information content (AvgIpc) is 3.67. The molecule has 45 heavy (non-hydrogen) atoms. The quantitative estimate of drug-likeness (QED) is 0.277. The van der Waals surface area contributed by atoms with Crippen LogP contribution in [0.25, 0.3) is 32.9 Å². The monoisotopic (exact) mass is 632 g/mol. The van der Waals surface area contributed by atoms with Crippen LogP contribution in [0.5, 0.6) is 6.01 Å². The zero-order chi connectivity index (χ0) is 31.1. The van der Waals surface area contributed by atoms with Crippen LogP contribution < -0.4 is 9.64 Å². The summed E-state index contributed by atoms with van der Waals surface area (Å²) in [5.41, 5.74) is 0.470. The molecule has 1 N–H and O–H groups in total. The summed E-state index contributed by atoms with van der Waals surface area (Å²) in [6.07, 6.45) is 5.71. The van der Waals surface area contributed by atoms with Crippen molar-refractivity contribution in [3.8, 4) is 23.3 Å². The van der Waals surface area contributed by atoms with E-state index in [-0.39, 0.29) is 43.3 Å². The van der Waals surface area contributed by atoms with Gasteiger partial charge in [-0.25, -0.2) is 9.18 Å². The summed E-state index contributed by atoms with van der Waals surface area (Å²) >= 11 is 6.54. The second-order valence-electron chi connectivity index (χ2n) is 11.5. The first-order valence-corrected chi connectivity index (χ1v) is 15.3. The Morgan fingerprint density at radius 1 is 1.22 bits per heavy atom. The van der Waals surface area contributed by atoms with E-state index in [0.717, 1.165) is 37.9 Å². The van der Waals surface area contributed by atoms with E-state index in [9.17, 15) is 15.2 Å². The number of carbonyl (C=O) groups is 1. The lowest BCUT2D eigenvalue weighted by Gasteiger charge is -2.39. The largest absolute Gasteiger partial charge is 0.465 e. The third-order valence-corrected chi connectivity index (χ3v) is 9.14. The van der Waals surface area contributed by atoms with Crippen molar-refractivity contribution < 1.29 is 23.8 Å². The van der Waals surface area contributed by atoms with Crippen molar-refractivity contribution in [2.75, 3.05) is 50.8 Å². The number of likely N-dealkylation sites (tertiary alicyclic amines) is 1. The van der Waals surface area contributed by atoms with Crippen LogP contribution in [0, 0.1) is 17.1 Å². The Hall–Kier alpha value is -4.38. The van der Waals surface area contributed by atoms with Gasteiger partial charge in [0.1, 0.15) is 17.0 Å². The number of rotatable bonds is 8. The highest BCUT2D eigenvalue weighted by Gasteiger charge is 2.38. The number of hydrogen-bond donors (Lipinski definition) is 1. The maximum atomic E-state index is 16.5. The van der Waals surface area contributed by atoms with Gasteiger partial charge in [-0.3, -0.25) is 14.9 Å². The molecule has 0 aliphatic carbocycles. The Morgan fingerprint density at radius 3 is 2.89 bits per heavy atom. The van der Waals surface area contributed by atoms with Crippen molar-refractivity contribution in [3.05, 3.63) is 47.6 Å². The summed E-state index contributed by atoms with van der Waals surface area (Å²) in [7, 11) is 0. The van der Waals surface area contributed by atoms with Gasteiger partial charge in [0.15, 0.2) is 5.82 Å². The molecule has 2 bridgehead atoms. The first-order valence-electron chi connectivity index (χ1n) is 14.9. The lowest BCUT2D eigenvalue weighted by molar-refractivity contribution is 0.0287. The Morgan fingerprint density at radius 2 is 2.11 bits per heavy atom. The van der Waals surface area contributed by atoms with Crippen molar-refractivity contribution in [1.82, 2.24) is 29.7 Å². The van der Waals surface area contributed by atoms with E-state index < -0.39 is 18.0 Å². The molecule has 3 atom stereocenters. The first kappa shape index (κ1) is 29.3. The third kappa shape index (κ3) is 5.54. The van der Waals surface area contributed by atoms with Gasteiger partial charge in [0.25, 0.3) is 0 Å². The summed E-state index contributed by atoms with van der Waals surface area (Å²) in [6, 6.07) is 7.31. The summed E-state index contributed by atoms with van der Waals surface area (Å²) < 4.78 is 28.3. The molecule has 4 aromatic rings. The Labute approximate surface area is 263 Å². The van der Waals surface area contributed by atoms with Crippen LogP contribution in [0.2, 0.25) is 5.02 Å². The minimum atomic E-state index is -1.09. The van der Waals surface area contributed by atoms with E-state index in [1.54, 1.807) is 18.3 Å². The molecule has 3 saturated heterocycles. The van der Waals surface area contributed by atoms with Gasteiger partial charge in [0, 0.05) is 78.7 Å². The highest BCUT2D eigenvalue weighted by Crippen LogP contribution is 2.37. The molecule has 3 aromatic heterocycles. The van der Waals surface area contributed by atoms with Crippen molar-refractivity contribution in [1.29, 1.82) is 5.26 Å². The number of carboxylic acid groups (broad SMARTS) is 1. The van der Waals surface area contributed by atoms with E-state index in [4.69, 9.17) is 21.1 Å². The van der Waals surface area contributed by atoms with E-state index in [1.807, 2.05) is 11.0 Å². The van der Waals surface area contributed by atoms with Crippen molar-refractivity contribution in [2.45, 2.75) is 37.5 Å². The standard InChI is InChI=1S/C31H30ClFN8O4/c32-24-4-1-3-18-12-35-13-22(25(18)24)27-26(33)28-23(14-36-27)29(40-8-9-41(31(42)43)19(15-40)5-6-34)38-30(37-28)44-10-2-7-39-16-21-11-20(39)17-45-21/h1,3-4,12-14,19-21H,2,5,7-11,15-17H2,(H,42,43)/t19-,20-,21-/m0/s1. The number of nitriles is 1. The van der Waals surface area contributed by atoms with Crippen molar-refractivity contribution >= 4 is 45.2 Å². The summed E-state index contributed by atoms with van der Waals surface area (Å²) in [4.78, 5) is 35.3. The van der Waals surface area contributed by atoms with Crippen molar-refractivity contribution in [2.24, 2.45) is 0 Å². The highest BCUT2D eigenvalue weighted by atomic mass is 35.5. The summed E-state index contributed by atoms with van der Waals surface area (Å²) in [6.45, 7) is 3.47. The molecule has 3 aliphatic heterocycles. The molecule has 1 aromatic carbocycles. The molecule has 0 unspecified atom stereocenters. The molecule has 0 radical (unpaired) electrons. The van der Waals surface area contributed by atoms with Gasteiger partial charge in [-0.15, -0.1) is 0 Å². The predicted octanol–water partition coefficient (Wildman–Crippen LogP) is 4.36. The number of pyridine rings is 2. The number of amides is 1. The molecule has 7 rings (SSSR count). The van der Waals surface area contributed by atoms with Crippen molar-refractivity contribution in [3.63, 3.8) is 0 Å². The smallest absolute Gasteiger partial charge is 0.407 e. The van der Waals surface area contributed by atoms with Crippen LogP contribution in [0.3, 0.4) is 0 Å². The number of aromatic nitrogens is 4. The molecule has 3 aliphatic rings. The number of hydrogen-bond acceptors (Lipinski definition) is 10. The summed E-state index contributed by atoms with van der Waals surface area (Å²) in [5.74, 6) is -0.315. The van der Waals surface area contributed by atoms with E-state index in [0.29, 0.717) is 45.9 Å². The van der Waals surface area contributed by atoms with Crippen LogP contribution in [-0.4, -0.2) is 105 Å².